The smallest absolute Gasteiger partial charge is 0.411 e. The first-order valence-electron chi connectivity index (χ1n) is 22.0. The van der Waals surface area contributed by atoms with E-state index in [1.165, 1.54) is 29.5 Å². The molecule has 0 saturated carbocycles. The van der Waals surface area contributed by atoms with Gasteiger partial charge in [0.1, 0.15) is 31.2 Å². The summed E-state index contributed by atoms with van der Waals surface area (Å²) in [5.74, 6) is -3.48. The van der Waals surface area contributed by atoms with Crippen molar-refractivity contribution in [2.24, 2.45) is 5.92 Å². The van der Waals surface area contributed by atoms with E-state index in [0.29, 0.717) is 27.9 Å². The number of benzene rings is 3. The first-order valence-corrected chi connectivity index (χ1v) is 22.4. The minimum atomic E-state index is -2.04. The average molecular weight is 937 g/mol. The number of likely N-dealkylation sites (N-methyl/N-ethyl adjacent to an activating group) is 1. The van der Waals surface area contributed by atoms with Crippen LogP contribution in [0.15, 0.2) is 71.5 Å². The van der Waals surface area contributed by atoms with Crippen LogP contribution >= 0.6 is 11.6 Å². The predicted molar refractivity (Wildman–Crippen MR) is 244 cm³/mol. The normalized spacial score (nSPS) is 17.0. The Morgan fingerprint density at radius 1 is 0.985 bits per heavy atom. The number of halogens is 2. The van der Waals surface area contributed by atoms with Crippen LogP contribution in [-0.4, -0.2) is 81.3 Å². The molecule has 4 heterocycles. The maximum Gasteiger partial charge on any atom is 0.411 e. The largest absolute Gasteiger partial charge is 0.458 e. The molecule has 18 heteroatoms. The van der Waals surface area contributed by atoms with Gasteiger partial charge in [0.25, 0.3) is 5.56 Å². The highest BCUT2D eigenvalue weighted by Crippen LogP contribution is 2.46. The molecule has 8 rings (SSSR count). The number of aromatic nitrogens is 2. The van der Waals surface area contributed by atoms with Gasteiger partial charge in [-0.25, -0.2) is 19.0 Å². The molecule has 0 unspecified atom stereocenters. The number of rotatable bonds is 14. The number of hydrogen-bond donors (Lipinski definition) is 4. The topological polar surface area (TPSA) is 207 Å². The zero-order valence-electron chi connectivity index (χ0n) is 37.7. The van der Waals surface area contributed by atoms with Crippen molar-refractivity contribution in [3.63, 3.8) is 0 Å². The summed E-state index contributed by atoms with van der Waals surface area (Å²) >= 11 is 6.22. The van der Waals surface area contributed by atoms with Crippen molar-refractivity contribution >= 4 is 52.3 Å². The molecule has 0 radical (unpaired) electrons. The van der Waals surface area contributed by atoms with Gasteiger partial charge in [0, 0.05) is 47.3 Å². The molecule has 0 saturated heterocycles. The van der Waals surface area contributed by atoms with Crippen molar-refractivity contribution in [1.29, 1.82) is 0 Å². The maximum absolute atomic E-state index is 14.8. The molecule has 4 N–H and O–H groups in total. The van der Waals surface area contributed by atoms with E-state index in [1.54, 1.807) is 33.8 Å². The monoisotopic (exact) mass is 936 g/mol. The van der Waals surface area contributed by atoms with Crippen LogP contribution in [0, 0.1) is 11.7 Å². The van der Waals surface area contributed by atoms with Crippen molar-refractivity contribution in [1.82, 2.24) is 30.4 Å². The summed E-state index contributed by atoms with van der Waals surface area (Å²) in [6.07, 6.45) is -2.21. The number of pyridine rings is 2. The van der Waals surface area contributed by atoms with Gasteiger partial charge >= 0.3 is 12.1 Å². The number of carbonyl (C=O) groups excluding carboxylic acids is 5. The molecule has 0 bridgehead atoms. The lowest BCUT2D eigenvalue weighted by atomic mass is 9.86. The van der Waals surface area contributed by atoms with Gasteiger partial charge in [0.2, 0.25) is 17.7 Å². The number of aliphatic hydroxyl groups is 1. The first-order chi connectivity index (χ1) is 31.9. The molecule has 3 aliphatic rings. The minimum absolute atomic E-state index is 0.0309. The van der Waals surface area contributed by atoms with Gasteiger partial charge < -0.3 is 39.8 Å². The van der Waals surface area contributed by atoms with Crippen molar-refractivity contribution in [3.8, 4) is 22.5 Å². The predicted octanol–water partition coefficient (Wildman–Crippen LogP) is 5.72. The van der Waals surface area contributed by atoms with Crippen molar-refractivity contribution in [3.05, 3.63) is 121 Å². The molecule has 0 fully saturated rings. The van der Waals surface area contributed by atoms with Crippen LogP contribution in [0.3, 0.4) is 0 Å². The van der Waals surface area contributed by atoms with Crippen LogP contribution in [0.4, 0.5) is 9.18 Å². The fourth-order valence-corrected chi connectivity index (χ4v) is 9.33. The number of hydrogen-bond acceptors (Lipinski definition) is 11. The van der Waals surface area contributed by atoms with Gasteiger partial charge in [-0.3, -0.25) is 24.1 Å². The Morgan fingerprint density at radius 3 is 2.31 bits per heavy atom. The number of fused-ring (bicyclic) bond motifs is 8. The third kappa shape index (κ3) is 8.62. The van der Waals surface area contributed by atoms with Crippen LogP contribution in [-0.2, 0) is 58.7 Å². The van der Waals surface area contributed by atoms with Crippen LogP contribution < -0.4 is 21.5 Å². The van der Waals surface area contributed by atoms with Gasteiger partial charge in [-0.1, -0.05) is 80.9 Å². The standard InChI is InChI=1S/C49H50ClFN6O10/c1-7-49(64)35-18-39-41-33(21-57(39)46(61)34(35)22-65-47(49)62)32(31-17-36(50)37(51)19-38(31)55-41)20-52-40(58)16-25(4)66-23-53-44(59)26(5)54-45(60)42(24(2)3)56(6)48(63)67-43-29-14-10-8-12-27(29)28-13-9-11-15-30(28)43/h8-15,17-19,24-26,42-43,64H,7,16,20-23H2,1-6H3,(H,52,58)(H,53,59)(H,54,60)/t25-,26+,42+,49+/m1/s1. The highest BCUT2D eigenvalue weighted by Gasteiger charge is 2.46. The summed E-state index contributed by atoms with van der Waals surface area (Å²) in [4.78, 5) is 86.0. The summed E-state index contributed by atoms with van der Waals surface area (Å²) in [6.45, 7) is 7.67. The minimum Gasteiger partial charge on any atom is -0.458 e. The lowest BCUT2D eigenvalue weighted by molar-refractivity contribution is -0.172. The van der Waals surface area contributed by atoms with Crippen LogP contribution in [0.1, 0.15) is 86.9 Å². The van der Waals surface area contributed by atoms with Crippen molar-refractivity contribution < 1.29 is 47.7 Å². The third-order valence-corrected chi connectivity index (χ3v) is 13.0. The van der Waals surface area contributed by atoms with E-state index in [-0.39, 0.29) is 66.9 Å². The number of amides is 4. The number of nitrogens with one attached hydrogen (secondary N) is 3. The van der Waals surface area contributed by atoms with E-state index in [2.05, 4.69) is 20.9 Å². The Bertz CT molecular complexity index is 2880. The highest BCUT2D eigenvalue weighted by molar-refractivity contribution is 6.31. The summed E-state index contributed by atoms with van der Waals surface area (Å²) < 4.78 is 33.2. The second kappa shape index (κ2) is 18.5. The SMILES string of the molecule is CC[C@@]1(O)C(=O)OCc2c1cc1n(c2=O)Cc2c-1nc1cc(F)c(Cl)cc1c2CNC(=O)C[C@@H](C)OCNC(=O)[C@H](C)NC(=O)[C@H](C(C)C)N(C)C(=O)OC1c2ccccc2-c2ccccc21. The number of esters is 1. The zero-order chi connectivity index (χ0) is 48.1. The molecule has 1 aliphatic carbocycles. The molecule has 2 aromatic heterocycles. The van der Waals surface area contributed by atoms with Crippen LogP contribution in [0.25, 0.3) is 33.4 Å². The molecule has 16 nitrogen and oxygen atoms in total. The second-order valence-corrected chi connectivity index (χ2v) is 17.8. The highest BCUT2D eigenvalue weighted by atomic mass is 35.5. The van der Waals surface area contributed by atoms with E-state index in [0.717, 1.165) is 28.3 Å². The zero-order valence-corrected chi connectivity index (χ0v) is 38.5. The molecule has 4 atom stereocenters. The van der Waals surface area contributed by atoms with E-state index < -0.39 is 71.1 Å². The molecular weight excluding hydrogens is 887 g/mol. The van der Waals surface area contributed by atoms with Gasteiger partial charge in [0.05, 0.1) is 46.6 Å². The maximum atomic E-state index is 14.8. The van der Waals surface area contributed by atoms with E-state index in [9.17, 15) is 38.3 Å². The molecule has 4 amide bonds. The van der Waals surface area contributed by atoms with Crippen molar-refractivity contribution in [2.75, 3.05) is 13.8 Å². The quantitative estimate of drug-likeness (QED) is 0.0767. The average Bonchev–Trinajstić information content (AvgIpc) is 3.82. The Hall–Kier alpha value is -6.69. The molecule has 5 aromatic rings. The number of ether oxygens (including phenoxy) is 3. The summed E-state index contributed by atoms with van der Waals surface area (Å²) in [5.41, 5.74) is 3.30. The van der Waals surface area contributed by atoms with Gasteiger partial charge in [-0.15, -0.1) is 0 Å². The van der Waals surface area contributed by atoms with Crippen LogP contribution in [0.2, 0.25) is 5.02 Å². The number of carbonyl (C=O) groups is 5. The number of cyclic esters (lactones) is 1. The Labute approximate surface area is 389 Å². The molecule has 2 aliphatic heterocycles. The fourth-order valence-electron chi connectivity index (χ4n) is 9.17. The van der Waals surface area contributed by atoms with E-state index in [4.69, 9.17) is 25.8 Å². The molecular formula is C49H50ClFN6O10. The summed E-state index contributed by atoms with van der Waals surface area (Å²) in [5, 5.41) is 19.7. The van der Waals surface area contributed by atoms with E-state index in [1.807, 2.05) is 48.5 Å². The molecule has 0 spiro atoms. The van der Waals surface area contributed by atoms with E-state index >= 15 is 0 Å². The van der Waals surface area contributed by atoms with Gasteiger partial charge in [-0.05, 0) is 55.0 Å². The second-order valence-electron chi connectivity index (χ2n) is 17.4. The Kier molecular flexibility index (Phi) is 13.0. The van der Waals surface area contributed by atoms with Gasteiger partial charge in [0.15, 0.2) is 11.7 Å². The lowest BCUT2D eigenvalue weighted by Gasteiger charge is -2.31. The lowest BCUT2D eigenvalue weighted by Crippen LogP contribution is -2.55. The third-order valence-electron chi connectivity index (χ3n) is 12.7. The van der Waals surface area contributed by atoms with Crippen LogP contribution in [0.5, 0.6) is 0 Å². The fraction of sp³-hybridized carbons (Fsp3) is 0.367. The first kappa shape index (κ1) is 46.8. The summed E-state index contributed by atoms with van der Waals surface area (Å²) in [6, 6.07) is 17.5. The Morgan fingerprint density at radius 2 is 1.66 bits per heavy atom. The molecule has 350 valence electrons. The molecule has 3 aromatic carbocycles. The summed E-state index contributed by atoms with van der Waals surface area (Å²) in [7, 11) is 1.49. The van der Waals surface area contributed by atoms with Gasteiger partial charge in [-0.2, -0.15) is 0 Å². The Balaban J connectivity index is 0.865. The van der Waals surface area contributed by atoms with Crippen molar-refractivity contribution in [2.45, 2.75) is 97.0 Å². The number of nitrogens with zero attached hydrogens (tertiary/aromatic N) is 3. The molecule has 67 heavy (non-hydrogen) atoms.